The summed E-state index contributed by atoms with van der Waals surface area (Å²) in [6, 6.07) is 1.76. The Labute approximate surface area is 88.5 Å². The monoisotopic (exact) mass is 209 g/mol. The maximum Gasteiger partial charge on any atom is 0.223 e. The molecule has 2 rings (SSSR count). The Morgan fingerprint density at radius 3 is 2.60 bits per heavy atom. The highest BCUT2D eigenvalue weighted by atomic mass is 16.5. The van der Waals surface area contributed by atoms with Crippen molar-refractivity contribution in [3.8, 4) is 0 Å². The van der Waals surface area contributed by atoms with Crippen molar-refractivity contribution in [1.82, 2.24) is 9.97 Å². The van der Waals surface area contributed by atoms with Crippen LogP contribution in [0, 0.1) is 0 Å². The van der Waals surface area contributed by atoms with Crippen LogP contribution in [0.1, 0.15) is 12.8 Å². The predicted molar refractivity (Wildman–Crippen MR) is 55.5 cm³/mol. The molecule has 0 aliphatic carbocycles. The normalized spacial score (nSPS) is 19.8. The summed E-state index contributed by atoms with van der Waals surface area (Å²) in [5.74, 6) is 0.563. The SMILES string of the molecule is OCC1(Nc2ncccn2)CCOCC1. The number of aliphatic hydroxyl groups excluding tert-OH is 1. The van der Waals surface area contributed by atoms with Crippen molar-refractivity contribution < 1.29 is 9.84 Å². The van der Waals surface area contributed by atoms with Gasteiger partial charge in [-0.2, -0.15) is 0 Å². The molecule has 1 aromatic heterocycles. The molecule has 0 atom stereocenters. The third-order valence-corrected chi connectivity index (χ3v) is 2.70. The van der Waals surface area contributed by atoms with E-state index in [2.05, 4.69) is 15.3 Å². The van der Waals surface area contributed by atoms with Crippen LogP contribution < -0.4 is 5.32 Å². The third kappa shape index (κ3) is 2.43. The van der Waals surface area contributed by atoms with E-state index in [-0.39, 0.29) is 12.1 Å². The maximum absolute atomic E-state index is 9.43. The van der Waals surface area contributed by atoms with Crippen molar-refractivity contribution in [2.45, 2.75) is 18.4 Å². The summed E-state index contributed by atoms with van der Waals surface area (Å²) in [6.07, 6.45) is 4.92. The minimum absolute atomic E-state index is 0.0780. The van der Waals surface area contributed by atoms with Crippen LogP contribution in [0.3, 0.4) is 0 Å². The second kappa shape index (κ2) is 4.55. The molecule has 15 heavy (non-hydrogen) atoms. The van der Waals surface area contributed by atoms with Gasteiger partial charge in [0.15, 0.2) is 0 Å². The molecular weight excluding hydrogens is 194 g/mol. The van der Waals surface area contributed by atoms with Crippen LogP contribution in [0.25, 0.3) is 0 Å². The average Bonchev–Trinajstić information content (AvgIpc) is 2.32. The first-order valence-electron chi connectivity index (χ1n) is 5.08. The highest BCUT2D eigenvalue weighted by Gasteiger charge is 2.32. The van der Waals surface area contributed by atoms with E-state index in [1.165, 1.54) is 0 Å². The summed E-state index contributed by atoms with van der Waals surface area (Å²) < 4.78 is 5.27. The molecule has 2 heterocycles. The number of nitrogens with one attached hydrogen (secondary N) is 1. The highest BCUT2D eigenvalue weighted by Crippen LogP contribution is 2.23. The van der Waals surface area contributed by atoms with Gasteiger partial charge in [0.25, 0.3) is 0 Å². The largest absolute Gasteiger partial charge is 0.394 e. The molecule has 0 spiro atoms. The van der Waals surface area contributed by atoms with Gasteiger partial charge in [0.05, 0.1) is 12.1 Å². The molecule has 1 aliphatic rings. The number of hydrogen-bond acceptors (Lipinski definition) is 5. The topological polar surface area (TPSA) is 67.3 Å². The van der Waals surface area contributed by atoms with Crippen molar-refractivity contribution in [2.24, 2.45) is 0 Å². The average molecular weight is 209 g/mol. The van der Waals surface area contributed by atoms with Crippen molar-refractivity contribution in [2.75, 3.05) is 25.1 Å². The first kappa shape index (κ1) is 10.3. The number of aliphatic hydroxyl groups is 1. The number of ether oxygens (including phenoxy) is 1. The molecule has 0 radical (unpaired) electrons. The Balaban J connectivity index is 2.07. The second-order valence-electron chi connectivity index (χ2n) is 3.75. The number of aromatic nitrogens is 2. The molecule has 0 aromatic carbocycles. The molecule has 5 nitrogen and oxygen atoms in total. The molecule has 2 N–H and O–H groups in total. The Morgan fingerprint density at radius 1 is 1.33 bits per heavy atom. The van der Waals surface area contributed by atoms with Gasteiger partial charge >= 0.3 is 0 Å². The van der Waals surface area contributed by atoms with Gasteiger partial charge in [-0.3, -0.25) is 0 Å². The van der Waals surface area contributed by atoms with E-state index in [1.54, 1.807) is 18.5 Å². The van der Waals surface area contributed by atoms with Gasteiger partial charge in [-0.05, 0) is 18.9 Å². The van der Waals surface area contributed by atoms with Gasteiger partial charge in [-0.1, -0.05) is 0 Å². The van der Waals surface area contributed by atoms with Crippen molar-refractivity contribution in [3.05, 3.63) is 18.5 Å². The Kier molecular flexibility index (Phi) is 3.13. The van der Waals surface area contributed by atoms with Crippen LogP contribution in [0.2, 0.25) is 0 Å². The fraction of sp³-hybridized carbons (Fsp3) is 0.600. The van der Waals surface area contributed by atoms with Crippen molar-refractivity contribution in [1.29, 1.82) is 0 Å². The zero-order chi connectivity index (χ0) is 10.6. The number of hydrogen-bond donors (Lipinski definition) is 2. The quantitative estimate of drug-likeness (QED) is 0.755. The Bertz CT molecular complexity index is 299. The lowest BCUT2D eigenvalue weighted by Crippen LogP contribution is -2.47. The molecule has 1 fully saturated rings. The number of nitrogens with zero attached hydrogens (tertiary/aromatic N) is 2. The van der Waals surface area contributed by atoms with Gasteiger partial charge in [-0.15, -0.1) is 0 Å². The van der Waals surface area contributed by atoms with E-state index >= 15 is 0 Å². The van der Waals surface area contributed by atoms with Gasteiger partial charge < -0.3 is 15.2 Å². The third-order valence-electron chi connectivity index (χ3n) is 2.70. The van der Waals surface area contributed by atoms with Gasteiger partial charge in [-0.25, -0.2) is 9.97 Å². The fourth-order valence-corrected chi connectivity index (χ4v) is 1.69. The van der Waals surface area contributed by atoms with E-state index in [0.717, 1.165) is 12.8 Å². The first-order valence-corrected chi connectivity index (χ1v) is 5.08. The van der Waals surface area contributed by atoms with Crippen LogP contribution in [-0.2, 0) is 4.74 Å². The fourth-order valence-electron chi connectivity index (χ4n) is 1.69. The zero-order valence-electron chi connectivity index (χ0n) is 8.52. The molecule has 82 valence electrons. The molecule has 0 bridgehead atoms. The smallest absolute Gasteiger partial charge is 0.223 e. The summed E-state index contributed by atoms with van der Waals surface area (Å²) in [6.45, 7) is 1.41. The van der Waals surface area contributed by atoms with E-state index in [9.17, 15) is 5.11 Å². The number of anilines is 1. The lowest BCUT2D eigenvalue weighted by molar-refractivity contribution is 0.0377. The first-order chi connectivity index (χ1) is 7.35. The molecule has 0 amide bonds. The molecule has 0 unspecified atom stereocenters. The molecule has 1 aliphatic heterocycles. The summed E-state index contributed by atoms with van der Waals surface area (Å²) in [5.41, 5.74) is -0.320. The Morgan fingerprint density at radius 2 is 2.00 bits per heavy atom. The maximum atomic E-state index is 9.43. The summed E-state index contributed by atoms with van der Waals surface area (Å²) in [7, 11) is 0. The van der Waals surface area contributed by atoms with Crippen LogP contribution >= 0.6 is 0 Å². The zero-order valence-corrected chi connectivity index (χ0v) is 8.52. The lowest BCUT2D eigenvalue weighted by Gasteiger charge is -2.36. The van der Waals surface area contributed by atoms with Gasteiger partial charge in [0.2, 0.25) is 5.95 Å². The van der Waals surface area contributed by atoms with E-state index in [0.29, 0.717) is 19.2 Å². The summed E-state index contributed by atoms with van der Waals surface area (Å²) in [5, 5.41) is 12.6. The Hall–Kier alpha value is -1.20. The molecule has 1 aromatic rings. The summed E-state index contributed by atoms with van der Waals surface area (Å²) >= 11 is 0. The lowest BCUT2D eigenvalue weighted by atomic mass is 9.91. The van der Waals surface area contributed by atoms with Gasteiger partial charge in [0, 0.05) is 25.6 Å². The minimum Gasteiger partial charge on any atom is -0.394 e. The van der Waals surface area contributed by atoms with E-state index in [4.69, 9.17) is 4.74 Å². The summed E-state index contributed by atoms with van der Waals surface area (Å²) in [4.78, 5) is 8.18. The molecular formula is C10H15N3O2. The van der Waals surface area contributed by atoms with Crippen LogP contribution in [0.4, 0.5) is 5.95 Å². The van der Waals surface area contributed by atoms with Crippen LogP contribution in [-0.4, -0.2) is 40.4 Å². The van der Waals surface area contributed by atoms with E-state index < -0.39 is 0 Å². The number of rotatable bonds is 3. The standard InChI is InChI=1S/C10H15N3O2/c14-8-10(2-6-15-7-3-10)13-9-11-4-1-5-12-9/h1,4-5,14H,2-3,6-8H2,(H,11,12,13). The van der Waals surface area contributed by atoms with Crippen molar-refractivity contribution >= 4 is 5.95 Å². The molecule has 0 saturated carbocycles. The molecule has 5 heteroatoms. The van der Waals surface area contributed by atoms with E-state index in [1.807, 2.05) is 0 Å². The van der Waals surface area contributed by atoms with Crippen LogP contribution in [0.15, 0.2) is 18.5 Å². The highest BCUT2D eigenvalue weighted by molar-refractivity contribution is 5.28. The predicted octanol–water partition coefficient (Wildman–Crippen LogP) is 0.430. The molecule has 1 saturated heterocycles. The van der Waals surface area contributed by atoms with Crippen molar-refractivity contribution in [3.63, 3.8) is 0 Å². The minimum atomic E-state index is -0.320. The second-order valence-corrected chi connectivity index (χ2v) is 3.75. The van der Waals surface area contributed by atoms with Gasteiger partial charge in [0.1, 0.15) is 0 Å². The van der Waals surface area contributed by atoms with Crippen LogP contribution in [0.5, 0.6) is 0 Å².